The van der Waals surface area contributed by atoms with Gasteiger partial charge in [0.2, 0.25) is 5.91 Å². The van der Waals surface area contributed by atoms with E-state index in [1.54, 1.807) is 0 Å². The number of amides is 2. The van der Waals surface area contributed by atoms with Crippen molar-refractivity contribution in [2.45, 2.75) is 25.3 Å². The van der Waals surface area contributed by atoms with Crippen molar-refractivity contribution in [1.82, 2.24) is 4.90 Å². The Hall–Kier alpha value is -1.72. The molecule has 112 valence electrons. The Morgan fingerprint density at radius 2 is 2.19 bits per heavy atom. The number of carbonyl (C=O) groups is 2. The molecule has 2 unspecified atom stereocenters. The zero-order valence-electron chi connectivity index (χ0n) is 12.2. The number of carbonyl (C=O) groups excluding carboxylic acids is 2. The van der Waals surface area contributed by atoms with Gasteiger partial charge in [0.05, 0.1) is 13.0 Å². The summed E-state index contributed by atoms with van der Waals surface area (Å²) >= 11 is 0. The lowest BCUT2D eigenvalue weighted by molar-refractivity contribution is -0.127. The maximum Gasteiger partial charge on any atom is 0.260 e. The maximum absolute atomic E-state index is 12.2. The molecular formula is C16H20N2O3. The summed E-state index contributed by atoms with van der Waals surface area (Å²) in [5, 5.41) is 0. The van der Waals surface area contributed by atoms with Gasteiger partial charge in [-0.25, -0.2) is 0 Å². The van der Waals surface area contributed by atoms with Gasteiger partial charge in [-0.3, -0.25) is 14.5 Å². The Morgan fingerprint density at radius 3 is 2.90 bits per heavy atom. The molecule has 0 aromatic heterocycles. The van der Waals surface area contributed by atoms with E-state index in [0.29, 0.717) is 12.2 Å². The topological polar surface area (TPSA) is 72.6 Å². The van der Waals surface area contributed by atoms with E-state index in [9.17, 15) is 9.59 Å². The number of nitrogens with two attached hydrogens (primary N) is 1. The van der Waals surface area contributed by atoms with Crippen molar-refractivity contribution in [3.8, 4) is 0 Å². The van der Waals surface area contributed by atoms with Gasteiger partial charge in [-0.1, -0.05) is 12.1 Å². The van der Waals surface area contributed by atoms with Gasteiger partial charge in [-0.15, -0.1) is 0 Å². The van der Waals surface area contributed by atoms with Gasteiger partial charge in [-0.05, 0) is 30.0 Å². The molecule has 2 aliphatic rings. The van der Waals surface area contributed by atoms with Crippen LogP contribution in [0.2, 0.25) is 0 Å². The predicted molar refractivity (Wildman–Crippen MR) is 77.7 cm³/mol. The first-order valence-corrected chi connectivity index (χ1v) is 7.35. The van der Waals surface area contributed by atoms with Crippen LogP contribution in [-0.2, 0) is 16.0 Å². The van der Waals surface area contributed by atoms with E-state index in [1.165, 1.54) is 11.9 Å². The summed E-state index contributed by atoms with van der Waals surface area (Å²) < 4.78 is 5.49. The molecule has 1 fully saturated rings. The van der Waals surface area contributed by atoms with Gasteiger partial charge >= 0.3 is 0 Å². The second-order valence-electron chi connectivity index (χ2n) is 5.85. The summed E-state index contributed by atoms with van der Waals surface area (Å²) in [5.41, 5.74) is 8.67. The molecule has 0 aliphatic carbocycles. The van der Waals surface area contributed by atoms with E-state index in [2.05, 4.69) is 0 Å². The second-order valence-corrected chi connectivity index (χ2v) is 5.85. The van der Waals surface area contributed by atoms with Gasteiger partial charge in [0.25, 0.3) is 5.91 Å². The molecule has 0 radical (unpaired) electrons. The highest BCUT2D eigenvalue weighted by atomic mass is 16.5. The number of likely N-dealkylation sites (N-methyl/N-ethyl adjacent to an activating group) is 1. The summed E-state index contributed by atoms with van der Waals surface area (Å²) in [6, 6.07) is 5.51. The number of ether oxygens (including phenoxy) is 1. The number of benzene rings is 1. The van der Waals surface area contributed by atoms with Crippen LogP contribution < -0.4 is 5.73 Å². The molecule has 2 aliphatic heterocycles. The summed E-state index contributed by atoms with van der Waals surface area (Å²) in [6.45, 7) is 1.48. The third-order valence-corrected chi connectivity index (χ3v) is 4.47. The first-order valence-electron chi connectivity index (χ1n) is 7.35. The summed E-state index contributed by atoms with van der Waals surface area (Å²) in [5.74, 6) is -0.115. The smallest absolute Gasteiger partial charge is 0.260 e. The number of imide groups is 1. The third-order valence-electron chi connectivity index (χ3n) is 4.47. The molecule has 3 rings (SSSR count). The second kappa shape index (κ2) is 5.58. The lowest BCUT2D eigenvalue weighted by Crippen LogP contribution is -2.39. The van der Waals surface area contributed by atoms with Gasteiger partial charge in [0.15, 0.2) is 0 Å². The van der Waals surface area contributed by atoms with Crippen LogP contribution >= 0.6 is 0 Å². The molecule has 1 saturated heterocycles. The van der Waals surface area contributed by atoms with Gasteiger partial charge < -0.3 is 10.5 Å². The molecule has 5 heteroatoms. The van der Waals surface area contributed by atoms with E-state index in [0.717, 1.165) is 30.6 Å². The lowest BCUT2D eigenvalue weighted by atomic mass is 9.87. The molecule has 0 saturated carbocycles. The van der Waals surface area contributed by atoms with Crippen LogP contribution in [0.5, 0.6) is 0 Å². The maximum atomic E-state index is 12.2. The fraction of sp³-hybridized carbons (Fsp3) is 0.500. The summed E-state index contributed by atoms with van der Waals surface area (Å²) in [4.78, 5) is 25.1. The standard InChI is InChI=1S/C16H20N2O3/c1-18-14(19)8-10-4-5-11(7-13(10)16(18)20)15(17)12-3-2-6-21-9-12/h4-5,7,12,15H,2-3,6,8-9,17H2,1H3. The van der Waals surface area contributed by atoms with Crippen LogP contribution in [0.15, 0.2) is 18.2 Å². The SMILES string of the molecule is CN1C(=O)Cc2ccc(C(N)C3CCCOC3)cc2C1=O. The highest BCUT2D eigenvalue weighted by Crippen LogP contribution is 2.29. The van der Waals surface area contributed by atoms with E-state index < -0.39 is 0 Å². The van der Waals surface area contributed by atoms with E-state index >= 15 is 0 Å². The molecule has 2 atom stereocenters. The van der Waals surface area contributed by atoms with Crippen molar-refractivity contribution >= 4 is 11.8 Å². The largest absolute Gasteiger partial charge is 0.381 e. The van der Waals surface area contributed by atoms with Crippen LogP contribution in [0, 0.1) is 5.92 Å². The molecule has 21 heavy (non-hydrogen) atoms. The average Bonchev–Trinajstić information content (AvgIpc) is 2.53. The van der Waals surface area contributed by atoms with Crippen LogP contribution in [0.25, 0.3) is 0 Å². The van der Waals surface area contributed by atoms with Gasteiger partial charge in [0.1, 0.15) is 0 Å². The molecule has 0 spiro atoms. The fourth-order valence-corrected chi connectivity index (χ4v) is 3.05. The zero-order chi connectivity index (χ0) is 15.0. The third kappa shape index (κ3) is 2.59. The highest BCUT2D eigenvalue weighted by Gasteiger charge is 2.29. The van der Waals surface area contributed by atoms with Crippen LogP contribution in [0.1, 0.15) is 40.4 Å². The molecular weight excluding hydrogens is 268 g/mol. The summed E-state index contributed by atoms with van der Waals surface area (Å²) in [6.07, 6.45) is 2.35. The summed E-state index contributed by atoms with van der Waals surface area (Å²) in [7, 11) is 1.52. The number of nitrogens with zero attached hydrogens (tertiary/aromatic N) is 1. The van der Waals surface area contributed by atoms with Crippen molar-refractivity contribution in [2.24, 2.45) is 11.7 Å². The monoisotopic (exact) mass is 288 g/mol. The lowest BCUT2D eigenvalue weighted by Gasteiger charge is -2.29. The van der Waals surface area contributed by atoms with Crippen LogP contribution in [0.3, 0.4) is 0 Å². The molecule has 2 N–H and O–H groups in total. The Labute approximate surface area is 124 Å². The van der Waals surface area contributed by atoms with Crippen molar-refractivity contribution < 1.29 is 14.3 Å². The van der Waals surface area contributed by atoms with Crippen LogP contribution in [-0.4, -0.2) is 37.0 Å². The number of rotatable bonds is 2. The number of hydrogen-bond acceptors (Lipinski definition) is 4. The molecule has 1 aromatic rings. The molecule has 5 nitrogen and oxygen atoms in total. The number of hydrogen-bond donors (Lipinski definition) is 1. The highest BCUT2D eigenvalue weighted by molar-refractivity contribution is 6.09. The Bertz CT molecular complexity index is 579. The van der Waals surface area contributed by atoms with Crippen molar-refractivity contribution in [1.29, 1.82) is 0 Å². The Morgan fingerprint density at radius 1 is 1.38 bits per heavy atom. The predicted octanol–water partition coefficient (Wildman–Crippen LogP) is 1.27. The average molecular weight is 288 g/mol. The van der Waals surface area contributed by atoms with E-state index in [1.807, 2.05) is 18.2 Å². The zero-order valence-corrected chi connectivity index (χ0v) is 12.2. The first-order chi connectivity index (χ1) is 10.1. The van der Waals surface area contributed by atoms with Crippen molar-refractivity contribution in [3.05, 3.63) is 34.9 Å². The molecule has 2 heterocycles. The van der Waals surface area contributed by atoms with E-state index in [-0.39, 0.29) is 30.2 Å². The fourth-order valence-electron chi connectivity index (χ4n) is 3.05. The molecule has 1 aromatic carbocycles. The minimum absolute atomic E-state index is 0.133. The van der Waals surface area contributed by atoms with Gasteiger partial charge in [-0.2, -0.15) is 0 Å². The normalized spacial score (nSPS) is 23.9. The number of fused-ring (bicyclic) bond motifs is 1. The quantitative estimate of drug-likeness (QED) is 0.832. The first kappa shape index (κ1) is 14.2. The van der Waals surface area contributed by atoms with E-state index in [4.69, 9.17) is 10.5 Å². The molecule has 0 bridgehead atoms. The minimum Gasteiger partial charge on any atom is -0.381 e. The minimum atomic E-state index is -0.241. The van der Waals surface area contributed by atoms with Crippen molar-refractivity contribution in [2.75, 3.05) is 20.3 Å². The molecule has 2 amide bonds. The van der Waals surface area contributed by atoms with Crippen molar-refractivity contribution in [3.63, 3.8) is 0 Å². The Kier molecular flexibility index (Phi) is 3.78. The van der Waals surface area contributed by atoms with Gasteiger partial charge in [0, 0.05) is 31.2 Å². The van der Waals surface area contributed by atoms with Crippen LogP contribution in [0.4, 0.5) is 0 Å². The Balaban J connectivity index is 1.88.